The average Bonchev–Trinajstić information content (AvgIpc) is 3.18. The van der Waals surface area contributed by atoms with Gasteiger partial charge in [0.05, 0.1) is 27.3 Å². The van der Waals surface area contributed by atoms with Crippen molar-refractivity contribution < 1.29 is 15.9 Å². The standard InChI is InChI=1S/C27H48P2.2ClH.Pd/c1-21(29(26(2,3)4)27(5,6)7)24-19-14-20-25(24)28(22-15-10-8-11-16-22)23-17-12-9-13-18-23;;;/h14,19-23,28H,8-13,15-18H2,1-7H3;2*1H;/q;;;+2/p-1/t21-;;;/m1.../s1. The fourth-order valence-electron chi connectivity index (χ4n) is 7.25. The first-order chi connectivity index (χ1) is 15.0. The molecule has 0 nitrogen and oxygen atoms in total. The molecule has 0 N–H and O–H groups in total. The van der Waals surface area contributed by atoms with E-state index in [-0.39, 0.29) is 15.9 Å². The predicted octanol–water partition coefficient (Wildman–Crippen LogP) is 10.2. The van der Waals surface area contributed by atoms with Crippen molar-refractivity contribution in [3.8, 4) is 0 Å². The number of hydrogen-bond donors (Lipinski definition) is 0. The molecule has 1 aromatic rings. The summed E-state index contributed by atoms with van der Waals surface area (Å²) >= 11 is -0.106. The third-order valence-electron chi connectivity index (χ3n) is 7.77. The first-order valence-electron chi connectivity index (χ1n) is 12.8. The van der Waals surface area contributed by atoms with Crippen molar-refractivity contribution in [2.75, 3.05) is 0 Å². The summed E-state index contributed by atoms with van der Waals surface area (Å²) < 4.78 is 0. The van der Waals surface area contributed by atoms with Crippen LogP contribution in [0, 0.1) is 0 Å². The van der Waals surface area contributed by atoms with E-state index in [2.05, 4.69) is 66.7 Å². The van der Waals surface area contributed by atoms with E-state index in [1.54, 1.807) is 5.56 Å². The Kier molecular flexibility index (Phi) is 12.7. The van der Waals surface area contributed by atoms with E-state index >= 15 is 0 Å². The summed E-state index contributed by atoms with van der Waals surface area (Å²) in [5.74, 6) is 0. The van der Waals surface area contributed by atoms with Crippen LogP contribution in [0.25, 0.3) is 0 Å². The quantitative estimate of drug-likeness (QED) is 0.176. The second kappa shape index (κ2) is 13.7. The van der Waals surface area contributed by atoms with Gasteiger partial charge in [-0.1, -0.05) is 18.4 Å². The molecule has 0 amide bonds. The van der Waals surface area contributed by atoms with Crippen molar-refractivity contribution in [3.63, 3.8) is 0 Å². The Morgan fingerprint density at radius 3 is 1.62 bits per heavy atom. The van der Waals surface area contributed by atoms with E-state index < -0.39 is 15.8 Å². The van der Waals surface area contributed by atoms with Crippen molar-refractivity contribution in [2.24, 2.45) is 0 Å². The van der Waals surface area contributed by atoms with Gasteiger partial charge in [0, 0.05) is 7.92 Å². The van der Waals surface area contributed by atoms with E-state index in [1.165, 1.54) is 64.2 Å². The summed E-state index contributed by atoms with van der Waals surface area (Å²) in [5, 5.41) is 2.75. The van der Waals surface area contributed by atoms with Crippen molar-refractivity contribution in [1.82, 2.24) is 0 Å². The molecule has 32 heavy (non-hydrogen) atoms. The summed E-state index contributed by atoms with van der Waals surface area (Å²) in [7, 11) is 8.59. The molecule has 190 valence electrons. The van der Waals surface area contributed by atoms with Crippen molar-refractivity contribution >= 4 is 40.2 Å². The number of halogens is 2. The van der Waals surface area contributed by atoms with Gasteiger partial charge >= 0.3 is 35.0 Å². The Labute approximate surface area is 218 Å². The topological polar surface area (TPSA) is 0 Å². The van der Waals surface area contributed by atoms with Crippen molar-refractivity contribution in [3.05, 3.63) is 23.8 Å². The molecular weight excluding hydrogens is 564 g/mol. The molecule has 2 fully saturated rings. The minimum atomic E-state index is -0.575. The zero-order valence-corrected chi connectivity index (χ0v) is 26.7. The zero-order valence-electron chi connectivity index (χ0n) is 21.6. The van der Waals surface area contributed by atoms with E-state index in [1.807, 2.05) is 5.30 Å². The maximum atomic E-state index is 4.81. The summed E-state index contributed by atoms with van der Waals surface area (Å²) in [6, 6.07) is 7.59. The molecular formula is C27H49Cl2P2Pd+. The van der Waals surface area contributed by atoms with Gasteiger partial charge in [-0.25, -0.2) is 12.1 Å². The summed E-state index contributed by atoms with van der Waals surface area (Å²) in [5.41, 5.74) is 4.63. The normalized spacial score (nSPS) is 20.5. The molecule has 2 saturated carbocycles. The van der Waals surface area contributed by atoms with E-state index in [4.69, 9.17) is 19.1 Å². The molecule has 0 radical (unpaired) electrons. The van der Waals surface area contributed by atoms with Gasteiger partial charge in [-0.2, -0.15) is 0 Å². The molecule has 0 aromatic heterocycles. The summed E-state index contributed by atoms with van der Waals surface area (Å²) in [6.45, 7) is 17.7. The van der Waals surface area contributed by atoms with Gasteiger partial charge in [-0.15, -0.1) is 6.07 Å². The Balaban J connectivity index is 0.00000114. The minimum absolute atomic E-state index is 0.106. The average molecular weight is 613 g/mol. The van der Waals surface area contributed by atoms with Crippen LogP contribution in [0.15, 0.2) is 18.2 Å². The van der Waals surface area contributed by atoms with Crippen molar-refractivity contribution in [1.29, 1.82) is 0 Å². The third kappa shape index (κ3) is 8.25. The Morgan fingerprint density at radius 1 is 0.844 bits per heavy atom. The van der Waals surface area contributed by atoms with Crippen LogP contribution < -0.4 is 5.30 Å². The van der Waals surface area contributed by atoms with Gasteiger partial charge in [0.25, 0.3) is 0 Å². The molecule has 0 heterocycles. The van der Waals surface area contributed by atoms with Crippen LogP contribution in [-0.4, -0.2) is 21.6 Å². The van der Waals surface area contributed by atoms with Crippen molar-refractivity contribution in [2.45, 2.75) is 140 Å². The van der Waals surface area contributed by atoms with Crippen LogP contribution in [0.4, 0.5) is 0 Å². The van der Waals surface area contributed by atoms with E-state index in [0.29, 0.717) is 10.3 Å². The predicted molar refractivity (Wildman–Crippen MR) is 152 cm³/mol. The summed E-state index contributed by atoms with van der Waals surface area (Å²) in [6.07, 6.45) is 15.1. The Morgan fingerprint density at radius 2 is 1.25 bits per heavy atom. The maximum absolute atomic E-state index is 4.81. The SMILES string of the molecule is C[C@H](c1ccc[c-]1[PH+](C1CCCCC1)C1CCCCC1)[PH+](C(C)(C)C)C(C)(C)C.[Cl][Pd][Cl]. The molecule has 0 spiro atoms. The molecule has 0 bridgehead atoms. The molecule has 2 aliphatic rings. The van der Waals surface area contributed by atoms with Crippen LogP contribution in [-0.2, 0) is 15.9 Å². The van der Waals surface area contributed by atoms with Gasteiger partial charge in [0.15, 0.2) is 0 Å². The van der Waals surface area contributed by atoms with Gasteiger partial charge in [-0.05, 0) is 113 Å². The number of hydrogen-bond acceptors (Lipinski definition) is 0. The summed E-state index contributed by atoms with van der Waals surface area (Å²) in [4.78, 5) is 0. The van der Waals surface area contributed by atoms with Crippen LogP contribution in [0.3, 0.4) is 0 Å². The molecule has 1 atom stereocenters. The van der Waals surface area contributed by atoms with Crippen LogP contribution in [0.2, 0.25) is 0 Å². The molecule has 0 aliphatic heterocycles. The molecule has 3 rings (SSSR count). The first kappa shape index (κ1) is 29.7. The molecule has 1 aromatic carbocycles. The van der Waals surface area contributed by atoms with Gasteiger partial charge in [0.1, 0.15) is 0 Å². The molecule has 0 saturated heterocycles. The van der Waals surface area contributed by atoms with Crippen LogP contribution in [0.5, 0.6) is 0 Å². The molecule has 0 unspecified atom stereocenters. The zero-order chi connectivity index (χ0) is 23.9. The van der Waals surface area contributed by atoms with Gasteiger partial charge < -0.3 is 0 Å². The van der Waals surface area contributed by atoms with E-state index in [9.17, 15) is 0 Å². The van der Waals surface area contributed by atoms with Gasteiger partial charge in [0.2, 0.25) is 0 Å². The fourth-order valence-corrected chi connectivity index (χ4v) is 17.3. The first-order valence-corrected chi connectivity index (χ1v) is 20.1. The fraction of sp³-hybridized carbons (Fsp3) is 0.815. The third-order valence-corrected chi connectivity index (χ3v) is 16.2. The molecule has 5 heteroatoms. The van der Waals surface area contributed by atoms with Crippen LogP contribution >= 0.6 is 34.9 Å². The number of rotatable bonds is 5. The Hall–Kier alpha value is 1.45. The van der Waals surface area contributed by atoms with E-state index in [0.717, 1.165) is 17.0 Å². The van der Waals surface area contributed by atoms with Gasteiger partial charge in [-0.3, -0.25) is 0 Å². The second-order valence-corrected chi connectivity index (χ2v) is 22.3. The Bertz CT molecular complexity index is 617. The monoisotopic (exact) mass is 611 g/mol. The van der Waals surface area contributed by atoms with Crippen LogP contribution in [0.1, 0.15) is 124 Å². The molecule has 2 aliphatic carbocycles. The second-order valence-electron chi connectivity index (χ2n) is 12.2.